The summed E-state index contributed by atoms with van der Waals surface area (Å²) in [4.78, 5) is 8.94. The Hall–Kier alpha value is -1.66. The van der Waals surface area contributed by atoms with Crippen LogP contribution in [0.5, 0.6) is 0 Å². The Morgan fingerprint density at radius 2 is 2.00 bits per heavy atom. The molecule has 96 valence electrons. The molecule has 0 saturated heterocycles. The minimum Gasteiger partial charge on any atom is -0.339 e. The van der Waals surface area contributed by atoms with Crippen LogP contribution in [0.25, 0.3) is 0 Å². The SMILES string of the molecule is Cc1c(NN)nc(C(C)C)nc1Nc1ccsc1. The molecule has 0 aliphatic rings. The second-order valence-electron chi connectivity index (χ2n) is 4.34. The van der Waals surface area contributed by atoms with Gasteiger partial charge in [-0.2, -0.15) is 11.3 Å². The van der Waals surface area contributed by atoms with Crippen molar-refractivity contribution in [3.8, 4) is 0 Å². The van der Waals surface area contributed by atoms with E-state index in [4.69, 9.17) is 5.84 Å². The van der Waals surface area contributed by atoms with Crippen LogP contribution in [0.15, 0.2) is 16.8 Å². The van der Waals surface area contributed by atoms with E-state index in [1.54, 1.807) is 11.3 Å². The molecule has 2 aromatic heterocycles. The van der Waals surface area contributed by atoms with Gasteiger partial charge in [-0.25, -0.2) is 15.8 Å². The monoisotopic (exact) mass is 263 g/mol. The van der Waals surface area contributed by atoms with Crippen molar-refractivity contribution < 1.29 is 0 Å². The molecule has 0 saturated carbocycles. The van der Waals surface area contributed by atoms with Crippen LogP contribution in [0.4, 0.5) is 17.3 Å². The van der Waals surface area contributed by atoms with Gasteiger partial charge in [0, 0.05) is 16.9 Å². The Bertz CT molecular complexity index is 522. The third-order valence-electron chi connectivity index (χ3n) is 2.60. The first kappa shape index (κ1) is 12.8. The van der Waals surface area contributed by atoms with E-state index in [1.807, 2.05) is 23.8 Å². The first-order valence-corrected chi connectivity index (χ1v) is 6.70. The van der Waals surface area contributed by atoms with Crippen molar-refractivity contribution in [2.24, 2.45) is 5.84 Å². The number of nitrogen functional groups attached to an aromatic ring is 1. The lowest BCUT2D eigenvalue weighted by Gasteiger charge is -2.14. The van der Waals surface area contributed by atoms with Gasteiger partial charge in [0.15, 0.2) is 0 Å². The fraction of sp³-hybridized carbons (Fsp3) is 0.333. The minimum absolute atomic E-state index is 0.251. The van der Waals surface area contributed by atoms with Crippen LogP contribution in [-0.4, -0.2) is 9.97 Å². The van der Waals surface area contributed by atoms with Gasteiger partial charge in [-0.15, -0.1) is 0 Å². The van der Waals surface area contributed by atoms with Crippen LogP contribution in [0, 0.1) is 6.92 Å². The van der Waals surface area contributed by atoms with Crippen molar-refractivity contribution in [1.29, 1.82) is 0 Å². The molecule has 0 aliphatic heterocycles. The molecule has 2 heterocycles. The van der Waals surface area contributed by atoms with Crippen LogP contribution in [-0.2, 0) is 0 Å². The van der Waals surface area contributed by atoms with Gasteiger partial charge in [0.1, 0.15) is 17.5 Å². The highest BCUT2D eigenvalue weighted by Gasteiger charge is 2.12. The molecular formula is C12H17N5S. The minimum atomic E-state index is 0.251. The lowest BCUT2D eigenvalue weighted by atomic mass is 10.2. The first-order chi connectivity index (χ1) is 8.61. The summed E-state index contributed by atoms with van der Waals surface area (Å²) in [6.45, 7) is 6.05. The number of rotatable bonds is 4. The molecule has 0 radical (unpaired) electrons. The number of hydrogen-bond acceptors (Lipinski definition) is 6. The van der Waals surface area contributed by atoms with Crippen LogP contribution >= 0.6 is 11.3 Å². The van der Waals surface area contributed by atoms with Gasteiger partial charge in [-0.05, 0) is 18.4 Å². The maximum atomic E-state index is 5.50. The molecule has 6 heteroatoms. The lowest BCUT2D eigenvalue weighted by Crippen LogP contribution is -2.14. The molecule has 18 heavy (non-hydrogen) atoms. The molecule has 2 rings (SSSR count). The second kappa shape index (κ2) is 5.32. The fourth-order valence-corrected chi connectivity index (χ4v) is 2.11. The number of anilines is 3. The maximum absolute atomic E-state index is 5.50. The van der Waals surface area contributed by atoms with Gasteiger partial charge in [-0.1, -0.05) is 13.8 Å². The Morgan fingerprint density at radius 1 is 1.28 bits per heavy atom. The van der Waals surface area contributed by atoms with Gasteiger partial charge >= 0.3 is 0 Å². The number of nitrogens with zero attached hydrogens (tertiary/aromatic N) is 2. The average Bonchev–Trinajstić information content (AvgIpc) is 2.84. The molecule has 0 amide bonds. The van der Waals surface area contributed by atoms with E-state index in [9.17, 15) is 0 Å². The zero-order valence-corrected chi connectivity index (χ0v) is 11.5. The van der Waals surface area contributed by atoms with Gasteiger partial charge in [0.05, 0.1) is 5.69 Å². The van der Waals surface area contributed by atoms with E-state index in [0.29, 0.717) is 5.82 Å². The molecule has 0 spiro atoms. The number of thiophene rings is 1. The Kier molecular flexibility index (Phi) is 3.78. The van der Waals surface area contributed by atoms with E-state index in [-0.39, 0.29) is 5.92 Å². The zero-order chi connectivity index (χ0) is 13.1. The van der Waals surface area contributed by atoms with E-state index >= 15 is 0 Å². The van der Waals surface area contributed by atoms with Crippen molar-refractivity contribution in [3.63, 3.8) is 0 Å². The quantitative estimate of drug-likeness (QED) is 0.584. The van der Waals surface area contributed by atoms with E-state index in [0.717, 1.165) is 22.9 Å². The Labute approximate surface area is 110 Å². The summed E-state index contributed by atoms with van der Waals surface area (Å²) < 4.78 is 0. The number of hydrogen-bond donors (Lipinski definition) is 3. The highest BCUT2D eigenvalue weighted by molar-refractivity contribution is 7.08. The predicted molar refractivity (Wildman–Crippen MR) is 76.3 cm³/mol. The molecule has 0 atom stereocenters. The third-order valence-corrected chi connectivity index (χ3v) is 3.28. The summed E-state index contributed by atoms with van der Waals surface area (Å²) in [5.74, 6) is 7.97. The van der Waals surface area contributed by atoms with E-state index < -0.39 is 0 Å². The van der Waals surface area contributed by atoms with Crippen LogP contribution in [0.1, 0.15) is 31.2 Å². The highest BCUT2D eigenvalue weighted by atomic mass is 32.1. The van der Waals surface area contributed by atoms with Crippen LogP contribution < -0.4 is 16.6 Å². The molecule has 5 nitrogen and oxygen atoms in total. The van der Waals surface area contributed by atoms with E-state index in [1.165, 1.54) is 0 Å². The maximum Gasteiger partial charge on any atom is 0.148 e. The average molecular weight is 263 g/mol. The van der Waals surface area contributed by atoms with E-state index in [2.05, 4.69) is 34.6 Å². The standard InChI is InChI=1S/C12H17N5S/c1-7(2)10-15-11(8(3)12(16-10)17-13)14-9-4-5-18-6-9/h4-7H,13H2,1-3H3,(H2,14,15,16,17). The van der Waals surface area contributed by atoms with Gasteiger partial charge in [-0.3, -0.25) is 0 Å². The largest absolute Gasteiger partial charge is 0.339 e. The van der Waals surface area contributed by atoms with Crippen molar-refractivity contribution in [3.05, 3.63) is 28.2 Å². The van der Waals surface area contributed by atoms with Crippen molar-refractivity contribution in [2.75, 3.05) is 10.7 Å². The molecule has 4 N–H and O–H groups in total. The summed E-state index contributed by atoms with van der Waals surface area (Å²) in [6, 6.07) is 2.01. The second-order valence-corrected chi connectivity index (χ2v) is 5.12. The number of aromatic nitrogens is 2. The molecule has 0 aromatic carbocycles. The zero-order valence-electron chi connectivity index (χ0n) is 10.7. The molecule has 0 bridgehead atoms. The molecule has 2 aromatic rings. The Balaban J connectivity index is 2.41. The summed E-state index contributed by atoms with van der Waals surface area (Å²) in [5.41, 5.74) is 4.56. The highest BCUT2D eigenvalue weighted by Crippen LogP contribution is 2.26. The summed E-state index contributed by atoms with van der Waals surface area (Å²) >= 11 is 1.64. The molecule has 0 fully saturated rings. The van der Waals surface area contributed by atoms with Crippen molar-refractivity contribution >= 4 is 28.7 Å². The van der Waals surface area contributed by atoms with Crippen molar-refractivity contribution in [1.82, 2.24) is 9.97 Å². The summed E-state index contributed by atoms with van der Waals surface area (Å²) in [6.07, 6.45) is 0. The topological polar surface area (TPSA) is 75.9 Å². The van der Waals surface area contributed by atoms with Gasteiger partial charge in [0.2, 0.25) is 0 Å². The normalized spacial score (nSPS) is 10.7. The number of nitrogens with one attached hydrogen (secondary N) is 2. The summed E-state index contributed by atoms with van der Waals surface area (Å²) in [5, 5.41) is 7.34. The van der Waals surface area contributed by atoms with Gasteiger partial charge < -0.3 is 10.7 Å². The molecular weight excluding hydrogens is 246 g/mol. The van der Waals surface area contributed by atoms with Gasteiger partial charge in [0.25, 0.3) is 0 Å². The Morgan fingerprint density at radius 3 is 2.56 bits per heavy atom. The number of nitrogens with two attached hydrogens (primary N) is 1. The lowest BCUT2D eigenvalue weighted by molar-refractivity contribution is 0.774. The van der Waals surface area contributed by atoms with Crippen LogP contribution in [0.3, 0.4) is 0 Å². The van der Waals surface area contributed by atoms with Crippen molar-refractivity contribution in [2.45, 2.75) is 26.7 Å². The summed E-state index contributed by atoms with van der Waals surface area (Å²) in [7, 11) is 0. The first-order valence-electron chi connectivity index (χ1n) is 5.76. The third kappa shape index (κ3) is 2.60. The smallest absolute Gasteiger partial charge is 0.148 e. The van der Waals surface area contributed by atoms with Crippen LogP contribution in [0.2, 0.25) is 0 Å². The fourth-order valence-electron chi connectivity index (χ4n) is 1.53. The number of hydrazine groups is 1. The molecule has 0 unspecified atom stereocenters. The molecule has 0 aliphatic carbocycles. The predicted octanol–water partition coefficient (Wildman–Crippen LogP) is 3.00.